The molecule has 0 bridgehead atoms. The van der Waals surface area contributed by atoms with Crippen LogP contribution in [0.2, 0.25) is 0 Å². The molecule has 1 heterocycles. The Hall–Kier alpha value is -1.41. The maximum atomic E-state index is 4.32. The van der Waals surface area contributed by atoms with E-state index in [2.05, 4.69) is 48.4 Å². The number of pyridine rings is 1. The van der Waals surface area contributed by atoms with Crippen molar-refractivity contribution in [3.63, 3.8) is 0 Å². The quantitative estimate of drug-likeness (QED) is 0.785. The summed E-state index contributed by atoms with van der Waals surface area (Å²) in [5.74, 6) is 0.726. The lowest BCUT2D eigenvalue weighted by Gasteiger charge is -2.08. The van der Waals surface area contributed by atoms with Crippen molar-refractivity contribution in [2.75, 3.05) is 13.1 Å². The van der Waals surface area contributed by atoms with Crippen molar-refractivity contribution < 1.29 is 0 Å². The Labute approximate surface area is 109 Å². The first-order chi connectivity index (χ1) is 8.77. The van der Waals surface area contributed by atoms with E-state index in [1.807, 2.05) is 12.4 Å². The van der Waals surface area contributed by atoms with Crippen LogP contribution in [0.1, 0.15) is 25.8 Å². The van der Waals surface area contributed by atoms with Crippen LogP contribution in [-0.4, -0.2) is 18.1 Å². The van der Waals surface area contributed by atoms with Gasteiger partial charge in [0.05, 0.1) is 0 Å². The molecule has 1 aromatic carbocycles. The van der Waals surface area contributed by atoms with Crippen molar-refractivity contribution in [3.8, 4) is 0 Å². The third kappa shape index (κ3) is 3.54. The predicted octanol–water partition coefficient (Wildman–Crippen LogP) is 3.41. The SMILES string of the molecule is CC(C)CNCCCc1cncc2ccccc12. The first kappa shape index (κ1) is 13.0. The van der Waals surface area contributed by atoms with Gasteiger partial charge in [-0.05, 0) is 42.8 Å². The van der Waals surface area contributed by atoms with E-state index in [9.17, 15) is 0 Å². The van der Waals surface area contributed by atoms with E-state index >= 15 is 0 Å². The number of aromatic nitrogens is 1. The molecule has 2 rings (SSSR count). The molecule has 0 aliphatic rings. The summed E-state index contributed by atoms with van der Waals surface area (Å²) in [7, 11) is 0. The zero-order valence-electron chi connectivity index (χ0n) is 11.3. The minimum Gasteiger partial charge on any atom is -0.316 e. The maximum absolute atomic E-state index is 4.32. The molecule has 2 nitrogen and oxygen atoms in total. The summed E-state index contributed by atoms with van der Waals surface area (Å²) in [4.78, 5) is 4.32. The van der Waals surface area contributed by atoms with E-state index in [0.29, 0.717) is 0 Å². The van der Waals surface area contributed by atoms with Crippen molar-refractivity contribution in [3.05, 3.63) is 42.2 Å². The van der Waals surface area contributed by atoms with Gasteiger partial charge in [0.2, 0.25) is 0 Å². The van der Waals surface area contributed by atoms with Crippen LogP contribution >= 0.6 is 0 Å². The predicted molar refractivity (Wildman–Crippen MR) is 77.8 cm³/mol. The lowest BCUT2D eigenvalue weighted by Crippen LogP contribution is -2.21. The van der Waals surface area contributed by atoms with Gasteiger partial charge >= 0.3 is 0 Å². The number of aryl methyl sites for hydroxylation is 1. The highest BCUT2D eigenvalue weighted by Crippen LogP contribution is 2.17. The molecule has 2 heteroatoms. The van der Waals surface area contributed by atoms with E-state index in [4.69, 9.17) is 0 Å². The Morgan fingerprint density at radius 1 is 1.17 bits per heavy atom. The van der Waals surface area contributed by atoms with Crippen LogP contribution < -0.4 is 5.32 Å². The van der Waals surface area contributed by atoms with Crippen molar-refractivity contribution in [1.82, 2.24) is 10.3 Å². The minimum atomic E-state index is 0.726. The van der Waals surface area contributed by atoms with E-state index < -0.39 is 0 Å². The fourth-order valence-corrected chi connectivity index (χ4v) is 2.17. The molecule has 1 aromatic heterocycles. The average Bonchev–Trinajstić information content (AvgIpc) is 2.38. The number of rotatable bonds is 6. The maximum Gasteiger partial charge on any atom is 0.0346 e. The van der Waals surface area contributed by atoms with Gasteiger partial charge in [0.15, 0.2) is 0 Å². The fourth-order valence-electron chi connectivity index (χ4n) is 2.17. The van der Waals surface area contributed by atoms with Gasteiger partial charge in [-0.1, -0.05) is 38.1 Å². The van der Waals surface area contributed by atoms with Gasteiger partial charge in [-0.2, -0.15) is 0 Å². The first-order valence-corrected chi connectivity index (χ1v) is 6.79. The summed E-state index contributed by atoms with van der Waals surface area (Å²) in [6, 6.07) is 8.48. The van der Waals surface area contributed by atoms with Crippen LogP contribution in [0, 0.1) is 5.92 Å². The van der Waals surface area contributed by atoms with E-state index in [-0.39, 0.29) is 0 Å². The molecule has 0 radical (unpaired) electrons. The Balaban J connectivity index is 1.91. The topological polar surface area (TPSA) is 24.9 Å². The first-order valence-electron chi connectivity index (χ1n) is 6.79. The largest absolute Gasteiger partial charge is 0.316 e. The number of benzene rings is 1. The van der Waals surface area contributed by atoms with Gasteiger partial charge in [-0.3, -0.25) is 4.98 Å². The highest BCUT2D eigenvalue weighted by Gasteiger charge is 2.01. The molecule has 0 unspecified atom stereocenters. The minimum absolute atomic E-state index is 0.726. The third-order valence-corrected chi connectivity index (χ3v) is 3.10. The molecule has 18 heavy (non-hydrogen) atoms. The smallest absolute Gasteiger partial charge is 0.0346 e. The molecule has 0 saturated heterocycles. The Bertz CT molecular complexity index is 486. The van der Waals surface area contributed by atoms with E-state index in [1.54, 1.807) is 0 Å². The highest BCUT2D eigenvalue weighted by molar-refractivity contribution is 5.84. The lowest BCUT2D eigenvalue weighted by molar-refractivity contribution is 0.543. The number of hydrogen-bond acceptors (Lipinski definition) is 2. The average molecular weight is 242 g/mol. The Kier molecular flexibility index (Phi) is 4.71. The van der Waals surface area contributed by atoms with Crippen molar-refractivity contribution in [1.29, 1.82) is 0 Å². The summed E-state index contributed by atoms with van der Waals surface area (Å²) in [5.41, 5.74) is 1.36. The van der Waals surface area contributed by atoms with Crippen LogP contribution in [0.4, 0.5) is 0 Å². The second-order valence-electron chi connectivity index (χ2n) is 5.22. The number of fused-ring (bicyclic) bond motifs is 1. The van der Waals surface area contributed by atoms with Gasteiger partial charge in [0.1, 0.15) is 0 Å². The van der Waals surface area contributed by atoms with E-state index in [0.717, 1.165) is 25.4 Å². The van der Waals surface area contributed by atoms with Crippen molar-refractivity contribution in [2.24, 2.45) is 5.92 Å². The van der Waals surface area contributed by atoms with Crippen molar-refractivity contribution >= 4 is 10.8 Å². The number of nitrogens with zero attached hydrogens (tertiary/aromatic N) is 1. The van der Waals surface area contributed by atoms with Crippen LogP contribution in [0.15, 0.2) is 36.7 Å². The second kappa shape index (κ2) is 6.50. The molecule has 1 N–H and O–H groups in total. The van der Waals surface area contributed by atoms with Crippen LogP contribution in [0.3, 0.4) is 0 Å². The molecule has 0 aliphatic heterocycles. The molecular formula is C16H22N2. The molecule has 0 saturated carbocycles. The lowest BCUT2D eigenvalue weighted by atomic mass is 10.0. The monoisotopic (exact) mass is 242 g/mol. The highest BCUT2D eigenvalue weighted by atomic mass is 14.8. The zero-order valence-corrected chi connectivity index (χ0v) is 11.3. The van der Waals surface area contributed by atoms with Crippen molar-refractivity contribution in [2.45, 2.75) is 26.7 Å². The Morgan fingerprint density at radius 3 is 2.83 bits per heavy atom. The summed E-state index contributed by atoms with van der Waals surface area (Å²) in [6.45, 7) is 6.67. The fraction of sp³-hybridized carbons (Fsp3) is 0.438. The van der Waals surface area contributed by atoms with Crippen LogP contribution in [0.25, 0.3) is 10.8 Å². The number of nitrogens with one attached hydrogen (secondary N) is 1. The van der Waals surface area contributed by atoms with Gasteiger partial charge in [-0.25, -0.2) is 0 Å². The van der Waals surface area contributed by atoms with Crippen LogP contribution in [0.5, 0.6) is 0 Å². The molecule has 0 spiro atoms. The normalized spacial score (nSPS) is 11.3. The summed E-state index contributed by atoms with van der Waals surface area (Å²) in [5, 5.41) is 6.07. The third-order valence-electron chi connectivity index (χ3n) is 3.10. The molecule has 2 aromatic rings. The molecule has 96 valence electrons. The Morgan fingerprint density at radius 2 is 2.00 bits per heavy atom. The van der Waals surface area contributed by atoms with Crippen LogP contribution in [-0.2, 0) is 6.42 Å². The van der Waals surface area contributed by atoms with E-state index in [1.165, 1.54) is 22.8 Å². The zero-order chi connectivity index (χ0) is 12.8. The molecule has 0 aliphatic carbocycles. The molecule has 0 atom stereocenters. The summed E-state index contributed by atoms with van der Waals surface area (Å²) < 4.78 is 0. The standard InChI is InChI=1S/C16H22N2/c1-13(2)10-17-9-5-7-15-12-18-11-14-6-3-4-8-16(14)15/h3-4,6,8,11-13,17H,5,7,9-10H2,1-2H3. The summed E-state index contributed by atoms with van der Waals surface area (Å²) in [6.07, 6.45) is 6.21. The number of hydrogen-bond donors (Lipinski definition) is 1. The summed E-state index contributed by atoms with van der Waals surface area (Å²) >= 11 is 0. The second-order valence-corrected chi connectivity index (χ2v) is 5.22. The molecule has 0 fully saturated rings. The van der Waals surface area contributed by atoms with Gasteiger partial charge in [0, 0.05) is 17.8 Å². The van der Waals surface area contributed by atoms with Gasteiger partial charge in [0.25, 0.3) is 0 Å². The molecule has 0 amide bonds. The molecular weight excluding hydrogens is 220 g/mol. The van der Waals surface area contributed by atoms with Gasteiger partial charge < -0.3 is 5.32 Å². The van der Waals surface area contributed by atoms with Gasteiger partial charge in [-0.15, -0.1) is 0 Å².